The molecule has 2 N–H and O–H groups in total. The Morgan fingerprint density at radius 3 is 2.56 bits per heavy atom. The Morgan fingerprint density at radius 2 is 1.94 bits per heavy atom. The highest BCUT2D eigenvalue weighted by molar-refractivity contribution is 5.52. The second-order valence-corrected chi connectivity index (χ2v) is 3.83. The number of benzene rings is 1. The Morgan fingerprint density at radius 1 is 1.25 bits per heavy atom. The van der Waals surface area contributed by atoms with E-state index in [4.69, 9.17) is 10.2 Å². The number of aromatic nitrogens is 2. The molecule has 0 amide bonds. The number of aryl methyl sites for hydroxylation is 1. The third-order valence-corrected chi connectivity index (χ3v) is 2.50. The van der Waals surface area contributed by atoms with Crippen LogP contribution in [0.2, 0.25) is 0 Å². The Balaban J connectivity index is 2.28. The quantitative estimate of drug-likeness (QED) is 0.857. The summed E-state index contributed by atoms with van der Waals surface area (Å²) >= 11 is 0. The van der Waals surface area contributed by atoms with Gasteiger partial charge in [-0.05, 0) is 25.5 Å². The van der Waals surface area contributed by atoms with Gasteiger partial charge in [0.1, 0.15) is 0 Å². The zero-order chi connectivity index (χ0) is 11.5. The van der Waals surface area contributed by atoms with Gasteiger partial charge in [0.2, 0.25) is 11.8 Å². The lowest BCUT2D eigenvalue weighted by Gasteiger charge is -2.00. The average Bonchev–Trinajstić information content (AvgIpc) is 2.78. The van der Waals surface area contributed by atoms with E-state index in [1.165, 1.54) is 5.56 Å². The summed E-state index contributed by atoms with van der Waals surface area (Å²) in [5.41, 5.74) is 7.94. The van der Waals surface area contributed by atoms with Crippen LogP contribution in [0.3, 0.4) is 0 Å². The maximum absolute atomic E-state index is 5.81. The lowest BCUT2D eigenvalue weighted by Crippen LogP contribution is -2.08. The zero-order valence-corrected chi connectivity index (χ0v) is 9.47. The van der Waals surface area contributed by atoms with Crippen molar-refractivity contribution in [1.29, 1.82) is 0 Å². The molecule has 0 aliphatic rings. The molecule has 0 spiro atoms. The van der Waals surface area contributed by atoms with E-state index < -0.39 is 0 Å². The van der Waals surface area contributed by atoms with Crippen molar-refractivity contribution < 1.29 is 4.42 Å². The predicted octanol–water partition coefficient (Wildman–Crippen LogP) is 2.45. The van der Waals surface area contributed by atoms with E-state index in [9.17, 15) is 0 Å². The number of hydrogen-bond acceptors (Lipinski definition) is 4. The van der Waals surface area contributed by atoms with Gasteiger partial charge >= 0.3 is 0 Å². The molecule has 2 aromatic rings. The minimum atomic E-state index is -0.174. The van der Waals surface area contributed by atoms with Crippen LogP contribution >= 0.6 is 0 Å². The summed E-state index contributed by atoms with van der Waals surface area (Å²) in [6.07, 6.45) is 0.787. The van der Waals surface area contributed by atoms with Gasteiger partial charge < -0.3 is 10.2 Å². The van der Waals surface area contributed by atoms with Gasteiger partial charge in [-0.3, -0.25) is 0 Å². The summed E-state index contributed by atoms with van der Waals surface area (Å²) in [5, 5.41) is 7.93. The van der Waals surface area contributed by atoms with Crippen LogP contribution in [0.25, 0.3) is 11.5 Å². The van der Waals surface area contributed by atoms with Crippen LogP contribution < -0.4 is 5.73 Å². The molecular formula is C12H15N3O. The molecule has 1 atom stereocenters. The SMILES string of the molecule is CCC(N)c1nnc(-c2ccc(C)cc2)o1. The van der Waals surface area contributed by atoms with Crippen LogP contribution in [0.1, 0.15) is 30.8 Å². The second kappa shape index (κ2) is 4.45. The first-order chi connectivity index (χ1) is 7.70. The first-order valence-corrected chi connectivity index (χ1v) is 5.36. The fraction of sp³-hybridized carbons (Fsp3) is 0.333. The molecule has 4 heteroatoms. The monoisotopic (exact) mass is 217 g/mol. The first-order valence-electron chi connectivity index (χ1n) is 5.36. The maximum Gasteiger partial charge on any atom is 0.247 e. The van der Waals surface area contributed by atoms with Crippen molar-refractivity contribution in [2.75, 3.05) is 0 Å². The maximum atomic E-state index is 5.81. The highest BCUT2D eigenvalue weighted by Crippen LogP contribution is 2.21. The summed E-state index contributed by atoms with van der Waals surface area (Å²) in [4.78, 5) is 0. The van der Waals surface area contributed by atoms with Gasteiger partial charge in [-0.2, -0.15) is 0 Å². The summed E-state index contributed by atoms with van der Waals surface area (Å²) in [6.45, 7) is 4.02. The van der Waals surface area contributed by atoms with Crippen LogP contribution in [0.15, 0.2) is 28.7 Å². The van der Waals surface area contributed by atoms with E-state index in [0.29, 0.717) is 11.8 Å². The molecule has 0 radical (unpaired) electrons. The molecule has 0 saturated heterocycles. The van der Waals surface area contributed by atoms with Gasteiger partial charge in [0.05, 0.1) is 6.04 Å². The van der Waals surface area contributed by atoms with Crippen LogP contribution in [-0.2, 0) is 0 Å². The van der Waals surface area contributed by atoms with Gasteiger partial charge in [0.25, 0.3) is 0 Å². The van der Waals surface area contributed by atoms with Gasteiger partial charge in [-0.25, -0.2) is 0 Å². The third kappa shape index (κ3) is 2.12. The summed E-state index contributed by atoms with van der Waals surface area (Å²) in [5.74, 6) is 1.02. The first kappa shape index (κ1) is 10.8. The molecule has 16 heavy (non-hydrogen) atoms. The lowest BCUT2D eigenvalue weighted by molar-refractivity contribution is 0.452. The molecule has 1 heterocycles. The molecule has 1 aromatic carbocycles. The van der Waals surface area contributed by atoms with Crippen molar-refractivity contribution in [3.05, 3.63) is 35.7 Å². The van der Waals surface area contributed by atoms with E-state index in [1.54, 1.807) is 0 Å². The predicted molar refractivity (Wildman–Crippen MR) is 61.7 cm³/mol. The minimum absolute atomic E-state index is 0.174. The fourth-order valence-corrected chi connectivity index (χ4v) is 1.37. The van der Waals surface area contributed by atoms with E-state index in [2.05, 4.69) is 10.2 Å². The summed E-state index contributed by atoms with van der Waals surface area (Å²) in [6, 6.07) is 7.78. The standard InChI is InChI=1S/C12H15N3O/c1-3-10(13)12-15-14-11(16-12)9-6-4-8(2)5-7-9/h4-7,10H,3,13H2,1-2H3. The van der Waals surface area contributed by atoms with Crippen LogP contribution in [0.4, 0.5) is 0 Å². The fourth-order valence-electron chi connectivity index (χ4n) is 1.37. The average molecular weight is 217 g/mol. The minimum Gasteiger partial charge on any atom is -0.419 e. The van der Waals surface area contributed by atoms with Gasteiger partial charge in [0.15, 0.2) is 0 Å². The highest BCUT2D eigenvalue weighted by atomic mass is 16.4. The molecule has 0 saturated carbocycles. The van der Waals surface area contributed by atoms with Crippen molar-refractivity contribution in [2.24, 2.45) is 5.73 Å². The Hall–Kier alpha value is -1.68. The summed E-state index contributed by atoms with van der Waals surface area (Å²) < 4.78 is 5.52. The number of nitrogens with zero attached hydrogens (tertiary/aromatic N) is 2. The van der Waals surface area contributed by atoms with Crippen molar-refractivity contribution in [2.45, 2.75) is 26.3 Å². The van der Waals surface area contributed by atoms with E-state index in [-0.39, 0.29) is 6.04 Å². The second-order valence-electron chi connectivity index (χ2n) is 3.83. The molecule has 1 aromatic heterocycles. The molecule has 0 aliphatic heterocycles. The lowest BCUT2D eigenvalue weighted by atomic mass is 10.1. The normalized spacial score (nSPS) is 12.7. The molecule has 0 fully saturated rings. The van der Waals surface area contributed by atoms with Crippen LogP contribution in [-0.4, -0.2) is 10.2 Å². The molecule has 84 valence electrons. The van der Waals surface area contributed by atoms with Gasteiger partial charge in [-0.15, -0.1) is 10.2 Å². The molecule has 1 unspecified atom stereocenters. The zero-order valence-electron chi connectivity index (χ0n) is 9.47. The van der Waals surface area contributed by atoms with Crippen molar-refractivity contribution >= 4 is 0 Å². The van der Waals surface area contributed by atoms with Gasteiger partial charge in [-0.1, -0.05) is 24.6 Å². The number of rotatable bonds is 3. The summed E-state index contributed by atoms with van der Waals surface area (Å²) in [7, 11) is 0. The smallest absolute Gasteiger partial charge is 0.247 e. The molecule has 0 aliphatic carbocycles. The molecular weight excluding hydrogens is 202 g/mol. The number of nitrogens with two attached hydrogens (primary N) is 1. The van der Waals surface area contributed by atoms with E-state index in [1.807, 2.05) is 38.1 Å². The topological polar surface area (TPSA) is 64.9 Å². The molecule has 4 nitrogen and oxygen atoms in total. The van der Waals surface area contributed by atoms with Crippen molar-refractivity contribution in [1.82, 2.24) is 10.2 Å². The van der Waals surface area contributed by atoms with E-state index in [0.717, 1.165) is 12.0 Å². The van der Waals surface area contributed by atoms with Crippen LogP contribution in [0.5, 0.6) is 0 Å². The van der Waals surface area contributed by atoms with Crippen molar-refractivity contribution in [3.63, 3.8) is 0 Å². The molecule has 0 bridgehead atoms. The Labute approximate surface area is 94.5 Å². The largest absolute Gasteiger partial charge is 0.419 e. The van der Waals surface area contributed by atoms with Gasteiger partial charge in [0, 0.05) is 5.56 Å². The van der Waals surface area contributed by atoms with E-state index >= 15 is 0 Å². The van der Waals surface area contributed by atoms with Crippen LogP contribution in [0, 0.1) is 6.92 Å². The highest BCUT2D eigenvalue weighted by Gasteiger charge is 2.13. The molecule has 2 rings (SSSR count). The third-order valence-electron chi connectivity index (χ3n) is 2.50. The van der Waals surface area contributed by atoms with Crippen molar-refractivity contribution in [3.8, 4) is 11.5 Å². The Bertz CT molecular complexity index is 461. The number of hydrogen-bond donors (Lipinski definition) is 1. The Kier molecular flexibility index (Phi) is 3.01.